The summed E-state index contributed by atoms with van der Waals surface area (Å²) in [7, 11) is 0. The molecule has 0 aliphatic carbocycles. The quantitative estimate of drug-likeness (QED) is 0.628. The predicted octanol–water partition coefficient (Wildman–Crippen LogP) is 5.01. The minimum atomic E-state index is -0.788. The summed E-state index contributed by atoms with van der Waals surface area (Å²) < 4.78 is 25.3. The van der Waals surface area contributed by atoms with Crippen LogP contribution in [-0.2, 0) is 6.61 Å². The van der Waals surface area contributed by atoms with Crippen LogP contribution in [0.5, 0.6) is 17.2 Å². The Morgan fingerprint density at radius 1 is 0.880 bits per heavy atom. The molecule has 0 spiro atoms. The van der Waals surface area contributed by atoms with Gasteiger partial charge in [-0.1, -0.05) is 41.9 Å². The van der Waals surface area contributed by atoms with Crippen molar-refractivity contribution in [3.63, 3.8) is 0 Å². The van der Waals surface area contributed by atoms with Gasteiger partial charge in [-0.3, -0.25) is 0 Å². The smallest absolute Gasteiger partial charge is 0.188 e. The van der Waals surface area contributed by atoms with Crippen LogP contribution in [-0.4, -0.2) is 0 Å². The molecule has 0 saturated heterocycles. The van der Waals surface area contributed by atoms with Gasteiger partial charge in [-0.2, -0.15) is 0 Å². The van der Waals surface area contributed by atoms with E-state index in [0.29, 0.717) is 18.1 Å². The molecule has 0 atom stereocenters. The number of ether oxygens (including phenoxy) is 2. The summed E-state index contributed by atoms with van der Waals surface area (Å²) in [6, 6.07) is 17.9. The fourth-order valence-corrected chi connectivity index (χ4v) is 2.36. The molecule has 4 N–H and O–H groups in total. The van der Waals surface area contributed by atoms with Crippen molar-refractivity contribution in [1.82, 2.24) is 0 Å². The van der Waals surface area contributed by atoms with E-state index in [1.807, 2.05) is 30.3 Å². The Morgan fingerprint density at radius 2 is 1.52 bits per heavy atom. The lowest BCUT2D eigenvalue weighted by Crippen LogP contribution is -2.00. The van der Waals surface area contributed by atoms with E-state index >= 15 is 0 Å². The van der Waals surface area contributed by atoms with Crippen molar-refractivity contribution in [2.24, 2.45) is 0 Å². The lowest BCUT2D eigenvalue weighted by molar-refractivity contribution is 0.305. The molecule has 0 fully saturated rings. The van der Waals surface area contributed by atoms with Gasteiger partial charge in [0, 0.05) is 0 Å². The molecular weight excluding hydrogens is 343 g/mol. The van der Waals surface area contributed by atoms with Gasteiger partial charge in [0.25, 0.3) is 0 Å². The number of halogens is 2. The van der Waals surface area contributed by atoms with Gasteiger partial charge in [0.05, 0.1) is 11.4 Å². The number of hydrogen-bond acceptors (Lipinski definition) is 4. The summed E-state index contributed by atoms with van der Waals surface area (Å²) in [5.41, 5.74) is 12.5. The van der Waals surface area contributed by atoms with Gasteiger partial charge in [-0.05, 0) is 35.9 Å². The van der Waals surface area contributed by atoms with Crippen molar-refractivity contribution in [3.05, 3.63) is 77.1 Å². The highest BCUT2D eigenvalue weighted by atomic mass is 35.5. The van der Waals surface area contributed by atoms with Crippen LogP contribution in [0.4, 0.5) is 15.8 Å². The fourth-order valence-electron chi connectivity index (χ4n) is 2.22. The average Bonchev–Trinajstić information content (AvgIpc) is 2.63. The number of anilines is 2. The molecule has 0 bridgehead atoms. The third kappa shape index (κ3) is 3.95. The second-order valence-electron chi connectivity index (χ2n) is 5.36. The SMILES string of the molecule is Nc1cc(N)c(Oc2ccc(OCc3ccccc3)cc2)c(F)c1Cl. The zero-order valence-electron chi connectivity index (χ0n) is 13.2. The molecule has 0 radical (unpaired) electrons. The third-order valence-electron chi connectivity index (χ3n) is 3.51. The highest BCUT2D eigenvalue weighted by Gasteiger charge is 2.16. The molecule has 0 saturated carbocycles. The number of benzene rings is 3. The van der Waals surface area contributed by atoms with E-state index in [-0.39, 0.29) is 22.1 Å². The first-order valence-corrected chi connectivity index (χ1v) is 7.90. The second kappa shape index (κ2) is 7.32. The molecular formula is C19H16ClFN2O2. The standard InChI is InChI=1S/C19H16ClFN2O2/c20-17-15(22)10-16(23)19(18(17)21)25-14-8-6-13(7-9-14)24-11-12-4-2-1-3-5-12/h1-10H,11,22-23H2. The monoisotopic (exact) mass is 358 g/mol. The maximum absolute atomic E-state index is 14.2. The number of rotatable bonds is 5. The van der Waals surface area contributed by atoms with Gasteiger partial charge in [-0.25, -0.2) is 4.39 Å². The highest BCUT2D eigenvalue weighted by molar-refractivity contribution is 6.33. The molecule has 25 heavy (non-hydrogen) atoms. The highest BCUT2D eigenvalue weighted by Crippen LogP contribution is 2.38. The molecule has 0 unspecified atom stereocenters. The Balaban J connectivity index is 1.70. The van der Waals surface area contributed by atoms with Gasteiger partial charge in [0.15, 0.2) is 11.6 Å². The van der Waals surface area contributed by atoms with Gasteiger partial charge in [0.1, 0.15) is 23.1 Å². The van der Waals surface area contributed by atoms with E-state index in [0.717, 1.165) is 5.56 Å². The Labute approximate surface area is 149 Å². The van der Waals surface area contributed by atoms with Crippen LogP contribution in [0.1, 0.15) is 5.56 Å². The average molecular weight is 359 g/mol. The molecule has 0 aromatic heterocycles. The molecule has 3 aromatic carbocycles. The Hall–Kier alpha value is -2.92. The molecule has 3 rings (SSSR count). The summed E-state index contributed by atoms with van der Waals surface area (Å²) in [5.74, 6) is 0.124. The van der Waals surface area contributed by atoms with Crippen molar-refractivity contribution < 1.29 is 13.9 Å². The Bertz CT molecular complexity index is 871. The predicted molar refractivity (Wildman–Crippen MR) is 97.5 cm³/mol. The lowest BCUT2D eigenvalue weighted by atomic mass is 10.2. The number of nitrogens with two attached hydrogens (primary N) is 2. The second-order valence-corrected chi connectivity index (χ2v) is 5.74. The van der Waals surface area contributed by atoms with Crippen LogP contribution in [0, 0.1) is 5.82 Å². The van der Waals surface area contributed by atoms with E-state index in [1.54, 1.807) is 24.3 Å². The van der Waals surface area contributed by atoms with Crippen LogP contribution < -0.4 is 20.9 Å². The van der Waals surface area contributed by atoms with Crippen molar-refractivity contribution >= 4 is 23.0 Å². The summed E-state index contributed by atoms with van der Waals surface area (Å²) >= 11 is 5.79. The minimum Gasteiger partial charge on any atom is -0.489 e. The molecule has 128 valence electrons. The van der Waals surface area contributed by atoms with Crippen LogP contribution in [0.3, 0.4) is 0 Å². The molecule has 0 aliphatic heterocycles. The maximum atomic E-state index is 14.2. The fraction of sp³-hybridized carbons (Fsp3) is 0.0526. The summed E-state index contributed by atoms with van der Waals surface area (Å²) in [6.07, 6.45) is 0. The molecule has 3 aromatic rings. The third-order valence-corrected chi connectivity index (χ3v) is 3.89. The first-order valence-electron chi connectivity index (χ1n) is 7.52. The van der Waals surface area contributed by atoms with E-state index < -0.39 is 5.82 Å². The van der Waals surface area contributed by atoms with Gasteiger partial charge in [-0.15, -0.1) is 0 Å². The van der Waals surface area contributed by atoms with E-state index in [4.69, 9.17) is 32.5 Å². The molecule has 0 heterocycles. The molecule has 4 nitrogen and oxygen atoms in total. The number of nitrogen functional groups attached to an aromatic ring is 2. The van der Waals surface area contributed by atoms with Gasteiger partial charge < -0.3 is 20.9 Å². The van der Waals surface area contributed by atoms with Crippen LogP contribution >= 0.6 is 11.6 Å². The molecule has 6 heteroatoms. The first-order chi connectivity index (χ1) is 12.0. The normalized spacial score (nSPS) is 10.5. The van der Waals surface area contributed by atoms with Crippen LogP contribution in [0.2, 0.25) is 5.02 Å². The van der Waals surface area contributed by atoms with Crippen molar-refractivity contribution in [1.29, 1.82) is 0 Å². The van der Waals surface area contributed by atoms with Gasteiger partial charge >= 0.3 is 0 Å². The van der Waals surface area contributed by atoms with Gasteiger partial charge in [0.2, 0.25) is 0 Å². The zero-order valence-corrected chi connectivity index (χ0v) is 14.0. The minimum absolute atomic E-state index is 0.0636. The molecule has 0 amide bonds. The van der Waals surface area contributed by atoms with Crippen molar-refractivity contribution in [2.45, 2.75) is 6.61 Å². The summed E-state index contributed by atoms with van der Waals surface area (Å²) in [6.45, 7) is 0.455. The largest absolute Gasteiger partial charge is 0.489 e. The first kappa shape index (κ1) is 16.9. The van der Waals surface area contributed by atoms with Crippen LogP contribution in [0.15, 0.2) is 60.7 Å². The summed E-state index contributed by atoms with van der Waals surface area (Å²) in [4.78, 5) is 0. The zero-order chi connectivity index (χ0) is 17.8. The Morgan fingerprint density at radius 3 is 2.20 bits per heavy atom. The maximum Gasteiger partial charge on any atom is 0.188 e. The lowest BCUT2D eigenvalue weighted by Gasteiger charge is -2.12. The van der Waals surface area contributed by atoms with Crippen molar-refractivity contribution in [2.75, 3.05) is 11.5 Å². The topological polar surface area (TPSA) is 70.5 Å². The van der Waals surface area contributed by atoms with Crippen LogP contribution in [0.25, 0.3) is 0 Å². The van der Waals surface area contributed by atoms with Crippen molar-refractivity contribution in [3.8, 4) is 17.2 Å². The van der Waals surface area contributed by atoms with E-state index in [2.05, 4.69) is 0 Å². The van der Waals surface area contributed by atoms with E-state index in [9.17, 15) is 4.39 Å². The Kier molecular flexibility index (Phi) is 4.95. The van der Waals surface area contributed by atoms with E-state index in [1.165, 1.54) is 6.07 Å². The molecule has 0 aliphatic rings. The summed E-state index contributed by atoms with van der Waals surface area (Å²) in [5, 5.41) is -0.216. The number of hydrogen-bond donors (Lipinski definition) is 2.